The van der Waals surface area contributed by atoms with Gasteiger partial charge in [0.25, 0.3) is 0 Å². The van der Waals surface area contributed by atoms with Crippen molar-refractivity contribution in [1.82, 2.24) is 0 Å². The molecule has 6 heteroatoms. The monoisotopic (exact) mass is 330 g/mol. The lowest BCUT2D eigenvalue weighted by Crippen LogP contribution is -2.19. The Morgan fingerprint density at radius 3 is 2.46 bits per heavy atom. The average molecular weight is 330 g/mol. The number of aliphatic hydroxyl groups is 1. The van der Waals surface area contributed by atoms with Gasteiger partial charge in [0, 0.05) is 11.6 Å². The van der Waals surface area contributed by atoms with Crippen LogP contribution in [0.3, 0.4) is 0 Å². The number of hydrogen-bond acceptors (Lipinski definition) is 6. The predicted molar refractivity (Wildman–Crippen MR) is 89.6 cm³/mol. The SMILES string of the molecule is CC(C)(O)CCc1c(O)cc2oc3ccc(O)cc3c(=O)c2c1O. The van der Waals surface area contributed by atoms with E-state index in [-0.39, 0.29) is 51.2 Å². The molecule has 0 aliphatic rings. The molecule has 3 aromatic rings. The smallest absolute Gasteiger partial charge is 0.204 e. The summed E-state index contributed by atoms with van der Waals surface area (Å²) in [7, 11) is 0. The minimum absolute atomic E-state index is 0.0557. The first kappa shape index (κ1) is 16.1. The fraction of sp³-hybridized carbons (Fsp3) is 0.278. The Morgan fingerprint density at radius 1 is 1.08 bits per heavy atom. The van der Waals surface area contributed by atoms with Crippen molar-refractivity contribution in [3.05, 3.63) is 40.1 Å². The molecule has 0 saturated carbocycles. The maximum Gasteiger partial charge on any atom is 0.204 e. The topological polar surface area (TPSA) is 111 Å². The molecule has 2 aromatic carbocycles. The molecule has 0 unspecified atom stereocenters. The molecule has 0 atom stereocenters. The lowest BCUT2D eigenvalue weighted by atomic mass is 9.96. The Labute approximate surface area is 137 Å². The molecule has 0 aliphatic heterocycles. The van der Waals surface area contributed by atoms with Crippen LogP contribution in [0.25, 0.3) is 21.9 Å². The molecule has 1 heterocycles. The van der Waals surface area contributed by atoms with E-state index in [1.54, 1.807) is 13.8 Å². The average Bonchev–Trinajstić information content (AvgIpc) is 2.46. The fourth-order valence-electron chi connectivity index (χ4n) is 2.69. The third-order valence-corrected chi connectivity index (χ3v) is 3.99. The highest BCUT2D eigenvalue weighted by atomic mass is 16.3. The van der Waals surface area contributed by atoms with Crippen LogP contribution < -0.4 is 5.43 Å². The van der Waals surface area contributed by atoms with Crippen LogP contribution in [-0.4, -0.2) is 26.0 Å². The first-order valence-electron chi connectivity index (χ1n) is 7.53. The Bertz CT molecular complexity index is 994. The van der Waals surface area contributed by atoms with Gasteiger partial charge in [-0.1, -0.05) is 0 Å². The van der Waals surface area contributed by atoms with Crippen LogP contribution in [0, 0.1) is 0 Å². The number of phenolic OH excluding ortho intramolecular Hbond substituents is 3. The van der Waals surface area contributed by atoms with E-state index >= 15 is 0 Å². The summed E-state index contributed by atoms with van der Waals surface area (Å²) in [6, 6.07) is 5.38. The molecule has 0 saturated heterocycles. The number of benzene rings is 2. The van der Waals surface area contributed by atoms with Gasteiger partial charge >= 0.3 is 0 Å². The van der Waals surface area contributed by atoms with E-state index in [0.717, 1.165) is 0 Å². The van der Waals surface area contributed by atoms with Gasteiger partial charge in [0.2, 0.25) is 5.43 Å². The van der Waals surface area contributed by atoms with E-state index in [2.05, 4.69) is 0 Å². The van der Waals surface area contributed by atoms with Gasteiger partial charge in [-0.15, -0.1) is 0 Å². The highest BCUT2D eigenvalue weighted by Gasteiger charge is 2.21. The third kappa shape index (κ3) is 2.76. The first-order chi connectivity index (χ1) is 11.2. The van der Waals surface area contributed by atoms with E-state index in [0.29, 0.717) is 6.42 Å². The van der Waals surface area contributed by atoms with Gasteiger partial charge in [-0.05, 0) is 44.9 Å². The molecular weight excluding hydrogens is 312 g/mol. The van der Waals surface area contributed by atoms with Gasteiger partial charge in [0.15, 0.2) is 0 Å². The third-order valence-electron chi connectivity index (χ3n) is 3.99. The number of rotatable bonds is 3. The molecule has 0 radical (unpaired) electrons. The normalized spacial score (nSPS) is 12.1. The number of hydrogen-bond donors (Lipinski definition) is 4. The molecular formula is C18H18O6. The molecule has 0 amide bonds. The summed E-state index contributed by atoms with van der Waals surface area (Å²) in [5.41, 5.74) is -0.998. The van der Waals surface area contributed by atoms with Crippen LogP contribution in [0.1, 0.15) is 25.8 Å². The molecule has 24 heavy (non-hydrogen) atoms. The van der Waals surface area contributed by atoms with E-state index in [1.165, 1.54) is 24.3 Å². The highest BCUT2D eigenvalue weighted by Crippen LogP contribution is 2.37. The van der Waals surface area contributed by atoms with Gasteiger partial charge in [0.05, 0.1) is 11.0 Å². The van der Waals surface area contributed by atoms with Crippen molar-refractivity contribution in [2.45, 2.75) is 32.3 Å². The lowest BCUT2D eigenvalue weighted by molar-refractivity contribution is 0.0711. The Morgan fingerprint density at radius 2 is 1.79 bits per heavy atom. The Balaban J connectivity index is 2.28. The molecule has 0 bridgehead atoms. The van der Waals surface area contributed by atoms with Crippen molar-refractivity contribution in [3.63, 3.8) is 0 Å². The van der Waals surface area contributed by atoms with Crippen molar-refractivity contribution in [2.24, 2.45) is 0 Å². The van der Waals surface area contributed by atoms with Crippen LogP contribution in [0.4, 0.5) is 0 Å². The van der Waals surface area contributed by atoms with Gasteiger partial charge in [-0.25, -0.2) is 0 Å². The van der Waals surface area contributed by atoms with E-state index in [9.17, 15) is 25.2 Å². The maximum atomic E-state index is 12.7. The molecule has 126 valence electrons. The van der Waals surface area contributed by atoms with E-state index < -0.39 is 11.0 Å². The predicted octanol–water partition coefficient (Wildman–Crippen LogP) is 2.77. The minimum Gasteiger partial charge on any atom is -0.508 e. The van der Waals surface area contributed by atoms with Crippen molar-refractivity contribution < 1.29 is 24.8 Å². The quantitative estimate of drug-likeness (QED) is 0.550. The van der Waals surface area contributed by atoms with Crippen LogP contribution in [0.15, 0.2) is 33.5 Å². The maximum absolute atomic E-state index is 12.7. The summed E-state index contributed by atoms with van der Waals surface area (Å²) in [5, 5.41) is 40.1. The minimum atomic E-state index is -0.978. The molecule has 1 aromatic heterocycles. The molecule has 3 rings (SSSR count). The summed E-state index contributed by atoms with van der Waals surface area (Å²) in [6.45, 7) is 3.24. The van der Waals surface area contributed by atoms with Gasteiger partial charge in [0.1, 0.15) is 33.8 Å². The van der Waals surface area contributed by atoms with Gasteiger partial charge in [-0.3, -0.25) is 4.79 Å². The Hall–Kier alpha value is -2.73. The Kier molecular flexibility index (Phi) is 3.64. The second kappa shape index (κ2) is 5.42. The second-order valence-corrected chi connectivity index (χ2v) is 6.52. The van der Waals surface area contributed by atoms with E-state index in [4.69, 9.17) is 4.42 Å². The van der Waals surface area contributed by atoms with Gasteiger partial charge in [-0.2, -0.15) is 0 Å². The van der Waals surface area contributed by atoms with Crippen molar-refractivity contribution >= 4 is 21.9 Å². The van der Waals surface area contributed by atoms with Crippen molar-refractivity contribution in [1.29, 1.82) is 0 Å². The lowest BCUT2D eigenvalue weighted by Gasteiger charge is -2.18. The largest absolute Gasteiger partial charge is 0.508 e. The zero-order valence-corrected chi connectivity index (χ0v) is 13.3. The fourth-order valence-corrected chi connectivity index (χ4v) is 2.69. The highest BCUT2D eigenvalue weighted by molar-refractivity contribution is 5.95. The number of phenols is 3. The van der Waals surface area contributed by atoms with Crippen molar-refractivity contribution in [2.75, 3.05) is 0 Å². The van der Waals surface area contributed by atoms with Crippen LogP contribution in [0.5, 0.6) is 17.2 Å². The van der Waals surface area contributed by atoms with E-state index in [1.807, 2.05) is 0 Å². The van der Waals surface area contributed by atoms with Gasteiger partial charge < -0.3 is 24.8 Å². The van der Waals surface area contributed by atoms with Crippen LogP contribution in [0.2, 0.25) is 0 Å². The zero-order chi connectivity index (χ0) is 17.6. The molecule has 0 spiro atoms. The molecule has 6 nitrogen and oxygen atoms in total. The standard InChI is InChI=1S/C18H18O6/c1-18(2,23)6-5-10-12(20)8-14-15(16(10)21)17(22)11-7-9(19)3-4-13(11)24-14/h3-4,7-8,19-21,23H,5-6H2,1-2H3. The molecule has 4 N–H and O–H groups in total. The first-order valence-corrected chi connectivity index (χ1v) is 7.53. The second-order valence-electron chi connectivity index (χ2n) is 6.52. The summed E-state index contributed by atoms with van der Waals surface area (Å²) in [5.74, 6) is -0.659. The summed E-state index contributed by atoms with van der Waals surface area (Å²) < 4.78 is 5.56. The number of fused-ring (bicyclic) bond motifs is 2. The molecule has 0 fully saturated rings. The van der Waals surface area contributed by atoms with Crippen molar-refractivity contribution in [3.8, 4) is 17.2 Å². The van der Waals surface area contributed by atoms with Crippen LogP contribution in [-0.2, 0) is 6.42 Å². The van der Waals surface area contributed by atoms with Crippen LogP contribution >= 0.6 is 0 Å². The summed E-state index contributed by atoms with van der Waals surface area (Å²) in [4.78, 5) is 12.7. The molecule has 0 aliphatic carbocycles. The zero-order valence-electron chi connectivity index (χ0n) is 13.3. The summed E-state index contributed by atoms with van der Waals surface area (Å²) in [6.07, 6.45) is 0.480. The summed E-state index contributed by atoms with van der Waals surface area (Å²) >= 11 is 0. The number of aromatic hydroxyl groups is 3.